The van der Waals surface area contributed by atoms with Crippen LogP contribution in [0.15, 0.2) is 42.5 Å². The number of carbonyl (C=O) groups excluding carboxylic acids is 2. The molecule has 22 heavy (non-hydrogen) atoms. The topological polar surface area (TPSA) is 58.2 Å². The summed E-state index contributed by atoms with van der Waals surface area (Å²) in [6, 6.07) is 13.1. The van der Waals surface area contributed by atoms with Gasteiger partial charge in [-0.15, -0.1) is 0 Å². The monoisotopic (exact) mass is 296 g/mol. The van der Waals surface area contributed by atoms with E-state index in [1.165, 1.54) is 5.56 Å². The summed E-state index contributed by atoms with van der Waals surface area (Å²) in [7, 11) is 0. The second kappa shape index (κ2) is 6.89. The van der Waals surface area contributed by atoms with Gasteiger partial charge < -0.3 is 10.6 Å². The Balaban J connectivity index is 2.00. The van der Waals surface area contributed by atoms with Gasteiger partial charge in [0.2, 0.25) is 0 Å². The van der Waals surface area contributed by atoms with Gasteiger partial charge in [-0.1, -0.05) is 25.1 Å². The highest BCUT2D eigenvalue weighted by Gasteiger charge is 2.14. The van der Waals surface area contributed by atoms with E-state index in [0.29, 0.717) is 11.4 Å². The number of benzene rings is 2. The van der Waals surface area contributed by atoms with Crippen LogP contribution < -0.4 is 10.6 Å². The van der Waals surface area contributed by atoms with Crippen LogP contribution in [0.4, 0.5) is 11.4 Å². The lowest BCUT2D eigenvalue weighted by Crippen LogP contribution is -2.29. The summed E-state index contributed by atoms with van der Waals surface area (Å²) in [5.74, 6) is -1.35. The van der Waals surface area contributed by atoms with Crippen LogP contribution in [-0.2, 0) is 16.0 Å². The summed E-state index contributed by atoms with van der Waals surface area (Å²) in [5.41, 5.74) is 4.48. The van der Waals surface area contributed by atoms with Gasteiger partial charge >= 0.3 is 11.8 Å². The maximum Gasteiger partial charge on any atom is 0.314 e. The summed E-state index contributed by atoms with van der Waals surface area (Å²) in [5, 5.41) is 5.21. The number of aryl methyl sites for hydroxylation is 3. The lowest BCUT2D eigenvalue weighted by Gasteiger charge is -2.08. The van der Waals surface area contributed by atoms with E-state index in [4.69, 9.17) is 0 Å². The molecule has 2 rings (SSSR count). The number of carbonyl (C=O) groups is 2. The molecular weight excluding hydrogens is 276 g/mol. The van der Waals surface area contributed by atoms with Gasteiger partial charge in [0.1, 0.15) is 0 Å². The van der Waals surface area contributed by atoms with E-state index in [2.05, 4.69) is 17.6 Å². The van der Waals surface area contributed by atoms with Gasteiger partial charge in [-0.05, 0) is 61.2 Å². The zero-order chi connectivity index (χ0) is 16.1. The van der Waals surface area contributed by atoms with Crippen LogP contribution in [0.3, 0.4) is 0 Å². The molecule has 0 atom stereocenters. The summed E-state index contributed by atoms with van der Waals surface area (Å²) in [6.45, 7) is 5.95. The van der Waals surface area contributed by atoms with Crippen molar-refractivity contribution >= 4 is 23.2 Å². The van der Waals surface area contributed by atoms with Crippen LogP contribution in [0.25, 0.3) is 0 Å². The SMILES string of the molecule is CCc1ccc(NC(=O)C(=O)Nc2cc(C)cc(C)c2)cc1. The largest absolute Gasteiger partial charge is 0.318 e. The van der Waals surface area contributed by atoms with E-state index in [1.54, 1.807) is 12.1 Å². The zero-order valence-corrected chi connectivity index (χ0v) is 13.1. The third kappa shape index (κ3) is 4.19. The molecule has 0 aliphatic heterocycles. The first-order valence-electron chi connectivity index (χ1n) is 7.27. The van der Waals surface area contributed by atoms with E-state index in [0.717, 1.165) is 17.5 Å². The fourth-order valence-electron chi connectivity index (χ4n) is 2.25. The number of hydrogen-bond donors (Lipinski definition) is 2. The normalized spacial score (nSPS) is 10.1. The predicted molar refractivity (Wildman–Crippen MR) is 89.0 cm³/mol. The molecule has 0 saturated heterocycles. The van der Waals surface area contributed by atoms with Crippen molar-refractivity contribution in [2.24, 2.45) is 0 Å². The molecule has 2 N–H and O–H groups in total. The average molecular weight is 296 g/mol. The van der Waals surface area contributed by atoms with Crippen molar-refractivity contribution in [3.05, 3.63) is 59.2 Å². The minimum absolute atomic E-state index is 0.609. The molecule has 114 valence electrons. The van der Waals surface area contributed by atoms with E-state index >= 15 is 0 Å². The van der Waals surface area contributed by atoms with Gasteiger partial charge in [-0.25, -0.2) is 0 Å². The molecule has 0 radical (unpaired) electrons. The molecule has 4 heteroatoms. The molecule has 2 amide bonds. The minimum atomic E-state index is -0.677. The Kier molecular flexibility index (Phi) is 4.94. The van der Waals surface area contributed by atoms with Crippen molar-refractivity contribution in [3.63, 3.8) is 0 Å². The van der Waals surface area contributed by atoms with E-state index in [-0.39, 0.29) is 0 Å². The second-order valence-electron chi connectivity index (χ2n) is 5.34. The molecule has 0 aliphatic rings. The molecule has 0 spiro atoms. The van der Waals surface area contributed by atoms with Crippen LogP contribution in [0.2, 0.25) is 0 Å². The quantitative estimate of drug-likeness (QED) is 0.852. The van der Waals surface area contributed by atoms with Crippen molar-refractivity contribution in [1.82, 2.24) is 0 Å². The molecular formula is C18H20N2O2. The number of rotatable bonds is 3. The van der Waals surface area contributed by atoms with Gasteiger partial charge in [0.15, 0.2) is 0 Å². The fraction of sp³-hybridized carbons (Fsp3) is 0.222. The Hall–Kier alpha value is -2.62. The van der Waals surface area contributed by atoms with Crippen LogP contribution in [0, 0.1) is 13.8 Å². The van der Waals surface area contributed by atoms with Crippen molar-refractivity contribution in [2.75, 3.05) is 10.6 Å². The number of anilines is 2. The lowest BCUT2D eigenvalue weighted by molar-refractivity contribution is -0.132. The minimum Gasteiger partial charge on any atom is -0.318 e. The Morgan fingerprint density at radius 2 is 1.32 bits per heavy atom. The standard InChI is InChI=1S/C18H20N2O2/c1-4-14-5-7-15(8-6-14)19-17(21)18(22)20-16-10-12(2)9-13(3)11-16/h5-11H,4H2,1-3H3,(H,19,21)(H,20,22). The molecule has 2 aromatic rings. The molecule has 0 bridgehead atoms. The van der Waals surface area contributed by atoms with Gasteiger partial charge in [0.05, 0.1) is 0 Å². The first-order valence-corrected chi connectivity index (χ1v) is 7.27. The smallest absolute Gasteiger partial charge is 0.314 e. The Morgan fingerprint density at radius 3 is 1.82 bits per heavy atom. The van der Waals surface area contributed by atoms with E-state index in [9.17, 15) is 9.59 Å². The number of nitrogens with one attached hydrogen (secondary N) is 2. The third-order valence-electron chi connectivity index (χ3n) is 3.31. The molecule has 4 nitrogen and oxygen atoms in total. The van der Waals surface area contributed by atoms with Gasteiger partial charge in [0, 0.05) is 11.4 Å². The van der Waals surface area contributed by atoms with Crippen molar-refractivity contribution < 1.29 is 9.59 Å². The fourth-order valence-corrected chi connectivity index (χ4v) is 2.25. The summed E-state index contributed by atoms with van der Waals surface area (Å²) < 4.78 is 0. The predicted octanol–water partition coefficient (Wildman–Crippen LogP) is 3.44. The van der Waals surface area contributed by atoms with Crippen LogP contribution in [0.1, 0.15) is 23.6 Å². The van der Waals surface area contributed by atoms with Crippen LogP contribution >= 0.6 is 0 Å². The van der Waals surface area contributed by atoms with Crippen molar-refractivity contribution in [2.45, 2.75) is 27.2 Å². The second-order valence-corrected chi connectivity index (χ2v) is 5.34. The summed E-state index contributed by atoms with van der Waals surface area (Å²) in [6.07, 6.45) is 0.932. The molecule has 0 saturated carbocycles. The maximum absolute atomic E-state index is 11.9. The number of amides is 2. The molecule has 0 heterocycles. The van der Waals surface area contributed by atoms with E-state index in [1.807, 2.05) is 44.2 Å². The van der Waals surface area contributed by atoms with Crippen LogP contribution in [0.5, 0.6) is 0 Å². The molecule has 2 aromatic carbocycles. The highest BCUT2D eigenvalue weighted by atomic mass is 16.2. The molecule has 0 fully saturated rings. The highest BCUT2D eigenvalue weighted by molar-refractivity contribution is 6.43. The maximum atomic E-state index is 11.9. The van der Waals surface area contributed by atoms with Gasteiger partial charge in [-0.3, -0.25) is 9.59 Å². The zero-order valence-electron chi connectivity index (χ0n) is 13.1. The van der Waals surface area contributed by atoms with Crippen molar-refractivity contribution in [1.29, 1.82) is 0 Å². The first-order chi connectivity index (χ1) is 10.5. The first kappa shape index (κ1) is 15.8. The van der Waals surface area contributed by atoms with Gasteiger partial charge in [-0.2, -0.15) is 0 Å². The Morgan fingerprint density at radius 1 is 0.818 bits per heavy atom. The van der Waals surface area contributed by atoms with Crippen molar-refractivity contribution in [3.8, 4) is 0 Å². The highest BCUT2D eigenvalue weighted by Crippen LogP contribution is 2.14. The Bertz CT molecular complexity index is 670. The van der Waals surface area contributed by atoms with Gasteiger partial charge in [0.25, 0.3) is 0 Å². The van der Waals surface area contributed by atoms with Crippen LogP contribution in [-0.4, -0.2) is 11.8 Å². The number of hydrogen-bond acceptors (Lipinski definition) is 2. The lowest BCUT2D eigenvalue weighted by atomic mass is 10.1. The summed E-state index contributed by atoms with van der Waals surface area (Å²) >= 11 is 0. The molecule has 0 unspecified atom stereocenters. The van der Waals surface area contributed by atoms with E-state index < -0.39 is 11.8 Å². The average Bonchev–Trinajstić information content (AvgIpc) is 2.46. The molecule has 0 aromatic heterocycles. The third-order valence-corrected chi connectivity index (χ3v) is 3.31. The molecule has 0 aliphatic carbocycles. The summed E-state index contributed by atoms with van der Waals surface area (Å²) in [4.78, 5) is 23.9. The Labute approximate surface area is 130 Å².